The second kappa shape index (κ2) is 8.11. The van der Waals surface area contributed by atoms with Crippen LogP contribution in [0.25, 0.3) is 0 Å². The minimum Gasteiger partial charge on any atom is -0.347 e. The van der Waals surface area contributed by atoms with Gasteiger partial charge in [0, 0.05) is 30.6 Å². The number of hydrogen-bond donors (Lipinski definition) is 1. The first-order valence-electron chi connectivity index (χ1n) is 8.26. The van der Waals surface area contributed by atoms with Crippen LogP contribution in [0.4, 0.5) is 5.13 Å². The fourth-order valence-corrected chi connectivity index (χ4v) is 3.97. The Bertz CT molecular complexity index is 430. The molecule has 0 radical (unpaired) electrons. The number of aromatic nitrogens is 1. The fourth-order valence-electron chi connectivity index (χ4n) is 2.86. The highest BCUT2D eigenvalue weighted by molar-refractivity contribution is 7.15. The minimum absolute atomic E-state index is 0.662. The number of piperidine rings is 1. The van der Waals surface area contributed by atoms with E-state index in [4.69, 9.17) is 4.98 Å². The number of nitrogens with one attached hydrogen (secondary N) is 1. The molecule has 1 N–H and O–H groups in total. The first-order valence-corrected chi connectivity index (χ1v) is 9.08. The lowest BCUT2D eigenvalue weighted by Gasteiger charge is -2.35. The molecule has 2 rings (SSSR count). The second-order valence-corrected chi connectivity index (χ2v) is 7.16. The Morgan fingerprint density at radius 2 is 2.19 bits per heavy atom. The summed E-state index contributed by atoms with van der Waals surface area (Å²) in [6.45, 7) is 8.66. The van der Waals surface area contributed by atoms with Crippen LogP contribution in [0.3, 0.4) is 0 Å². The molecule has 1 saturated heterocycles. The highest BCUT2D eigenvalue weighted by atomic mass is 32.1. The van der Waals surface area contributed by atoms with Gasteiger partial charge in [0.15, 0.2) is 5.13 Å². The van der Waals surface area contributed by atoms with Crippen LogP contribution >= 0.6 is 11.3 Å². The molecule has 1 fully saturated rings. The molecular weight excluding hydrogens is 280 g/mol. The van der Waals surface area contributed by atoms with Gasteiger partial charge in [0.25, 0.3) is 0 Å². The molecule has 0 saturated carbocycles. The molecule has 1 unspecified atom stereocenters. The Morgan fingerprint density at radius 1 is 1.38 bits per heavy atom. The van der Waals surface area contributed by atoms with E-state index in [0.29, 0.717) is 6.04 Å². The second-order valence-electron chi connectivity index (χ2n) is 6.10. The number of aryl methyl sites for hydroxylation is 1. The average Bonchev–Trinajstić information content (AvgIpc) is 2.89. The normalized spacial score (nSPS) is 19.5. The van der Waals surface area contributed by atoms with Crippen LogP contribution in [-0.4, -0.2) is 49.7 Å². The molecule has 0 aliphatic carbocycles. The minimum atomic E-state index is 0.662. The van der Waals surface area contributed by atoms with Gasteiger partial charge >= 0.3 is 0 Å². The first kappa shape index (κ1) is 16.7. The van der Waals surface area contributed by atoms with E-state index in [1.807, 2.05) is 11.3 Å². The third-order valence-corrected chi connectivity index (χ3v) is 5.35. The summed E-state index contributed by atoms with van der Waals surface area (Å²) in [6, 6.07) is 0.662. The average molecular weight is 311 g/mol. The summed E-state index contributed by atoms with van der Waals surface area (Å²) in [4.78, 5) is 11.2. The highest BCUT2D eigenvalue weighted by Crippen LogP contribution is 2.30. The standard InChI is InChI=1S/C16H30N4S/c1-5-8-14-15(11-17-6-2)21-16(18-14)20-10-7-9-13(12-20)19(3)4/h13,17H,5-12H2,1-4H3. The molecule has 0 spiro atoms. The quantitative estimate of drug-likeness (QED) is 0.839. The molecule has 0 bridgehead atoms. The zero-order valence-corrected chi connectivity index (χ0v) is 14.8. The maximum absolute atomic E-state index is 4.96. The van der Waals surface area contributed by atoms with Crippen molar-refractivity contribution >= 4 is 16.5 Å². The molecule has 0 aromatic carbocycles. The summed E-state index contributed by atoms with van der Waals surface area (Å²) < 4.78 is 0. The van der Waals surface area contributed by atoms with E-state index < -0.39 is 0 Å². The van der Waals surface area contributed by atoms with Crippen molar-refractivity contribution in [3.63, 3.8) is 0 Å². The lowest BCUT2D eigenvalue weighted by atomic mass is 10.1. The van der Waals surface area contributed by atoms with E-state index in [9.17, 15) is 0 Å². The van der Waals surface area contributed by atoms with E-state index in [2.05, 4.69) is 43.1 Å². The molecule has 5 heteroatoms. The van der Waals surface area contributed by atoms with Crippen molar-refractivity contribution in [3.8, 4) is 0 Å². The number of nitrogens with zero attached hydrogens (tertiary/aromatic N) is 3. The van der Waals surface area contributed by atoms with Gasteiger partial charge in [-0.3, -0.25) is 0 Å². The van der Waals surface area contributed by atoms with Gasteiger partial charge in [-0.2, -0.15) is 0 Å². The summed E-state index contributed by atoms with van der Waals surface area (Å²) in [5, 5.41) is 4.68. The number of likely N-dealkylation sites (N-methyl/N-ethyl adjacent to an activating group) is 1. The van der Waals surface area contributed by atoms with Crippen molar-refractivity contribution in [2.24, 2.45) is 0 Å². The van der Waals surface area contributed by atoms with Crippen LogP contribution in [0.2, 0.25) is 0 Å². The molecule has 1 aromatic heterocycles. The topological polar surface area (TPSA) is 31.4 Å². The Kier molecular flexibility index (Phi) is 6.45. The summed E-state index contributed by atoms with van der Waals surface area (Å²) in [5.74, 6) is 0. The van der Waals surface area contributed by atoms with E-state index in [-0.39, 0.29) is 0 Å². The first-order chi connectivity index (χ1) is 10.2. The lowest BCUT2D eigenvalue weighted by molar-refractivity contribution is 0.258. The van der Waals surface area contributed by atoms with E-state index in [0.717, 1.165) is 32.6 Å². The van der Waals surface area contributed by atoms with Gasteiger partial charge in [0.1, 0.15) is 0 Å². The van der Waals surface area contributed by atoms with Crippen LogP contribution < -0.4 is 10.2 Å². The third kappa shape index (κ3) is 4.41. The van der Waals surface area contributed by atoms with Gasteiger partial charge in [0.2, 0.25) is 0 Å². The van der Waals surface area contributed by atoms with E-state index in [1.165, 1.54) is 35.0 Å². The maximum Gasteiger partial charge on any atom is 0.185 e. The molecule has 1 aromatic rings. The van der Waals surface area contributed by atoms with Crippen molar-refractivity contribution in [1.29, 1.82) is 0 Å². The van der Waals surface area contributed by atoms with Crippen molar-refractivity contribution in [1.82, 2.24) is 15.2 Å². The van der Waals surface area contributed by atoms with Gasteiger partial charge in [-0.15, -0.1) is 11.3 Å². The van der Waals surface area contributed by atoms with E-state index >= 15 is 0 Å². The van der Waals surface area contributed by atoms with Crippen molar-refractivity contribution in [2.75, 3.05) is 38.6 Å². The number of thiazole rings is 1. The van der Waals surface area contributed by atoms with Gasteiger partial charge in [-0.1, -0.05) is 20.3 Å². The molecule has 1 aliphatic heterocycles. The van der Waals surface area contributed by atoms with Crippen molar-refractivity contribution in [3.05, 3.63) is 10.6 Å². The molecule has 0 amide bonds. The Hall–Kier alpha value is -0.650. The number of hydrogen-bond acceptors (Lipinski definition) is 5. The third-order valence-electron chi connectivity index (χ3n) is 4.19. The van der Waals surface area contributed by atoms with Crippen LogP contribution in [-0.2, 0) is 13.0 Å². The zero-order valence-electron chi connectivity index (χ0n) is 14.0. The summed E-state index contributed by atoms with van der Waals surface area (Å²) in [7, 11) is 4.38. The number of rotatable bonds is 7. The smallest absolute Gasteiger partial charge is 0.185 e. The molecule has 2 heterocycles. The summed E-state index contributed by atoms with van der Waals surface area (Å²) >= 11 is 1.89. The molecule has 120 valence electrons. The van der Waals surface area contributed by atoms with Crippen molar-refractivity contribution < 1.29 is 0 Å². The Balaban J connectivity index is 2.11. The van der Waals surface area contributed by atoms with Gasteiger partial charge in [-0.05, 0) is 39.9 Å². The fraction of sp³-hybridized carbons (Fsp3) is 0.812. The molecule has 1 atom stereocenters. The molecule has 21 heavy (non-hydrogen) atoms. The predicted molar refractivity (Wildman–Crippen MR) is 92.4 cm³/mol. The van der Waals surface area contributed by atoms with Crippen LogP contribution in [0.15, 0.2) is 0 Å². The monoisotopic (exact) mass is 310 g/mol. The lowest BCUT2D eigenvalue weighted by Crippen LogP contribution is -2.45. The number of anilines is 1. The molecular formula is C16H30N4S. The zero-order chi connectivity index (χ0) is 15.2. The van der Waals surface area contributed by atoms with Gasteiger partial charge in [0.05, 0.1) is 5.69 Å². The van der Waals surface area contributed by atoms with Crippen LogP contribution in [0.5, 0.6) is 0 Å². The molecule has 1 aliphatic rings. The van der Waals surface area contributed by atoms with Gasteiger partial charge in [-0.25, -0.2) is 4.98 Å². The predicted octanol–water partition coefficient (Wildman–Crippen LogP) is 2.74. The van der Waals surface area contributed by atoms with Crippen molar-refractivity contribution in [2.45, 2.75) is 52.1 Å². The van der Waals surface area contributed by atoms with Crippen LogP contribution in [0, 0.1) is 0 Å². The summed E-state index contributed by atoms with van der Waals surface area (Å²) in [5.41, 5.74) is 1.31. The molecule has 4 nitrogen and oxygen atoms in total. The largest absolute Gasteiger partial charge is 0.347 e. The Labute approximate surface area is 133 Å². The summed E-state index contributed by atoms with van der Waals surface area (Å²) in [6.07, 6.45) is 4.85. The highest BCUT2D eigenvalue weighted by Gasteiger charge is 2.24. The Morgan fingerprint density at radius 3 is 2.86 bits per heavy atom. The SMILES string of the molecule is CCCc1nc(N2CCCC(N(C)C)C2)sc1CNCC. The van der Waals surface area contributed by atoms with Gasteiger partial charge < -0.3 is 15.1 Å². The van der Waals surface area contributed by atoms with E-state index in [1.54, 1.807) is 0 Å². The van der Waals surface area contributed by atoms with Crippen LogP contribution in [0.1, 0.15) is 43.7 Å². The maximum atomic E-state index is 4.96.